The Kier molecular flexibility index (Phi) is 5.81. The van der Waals surface area contributed by atoms with Gasteiger partial charge in [0.2, 0.25) is 0 Å². The monoisotopic (exact) mass is 391 g/mol. The van der Waals surface area contributed by atoms with Crippen molar-refractivity contribution in [2.24, 2.45) is 0 Å². The van der Waals surface area contributed by atoms with Crippen molar-refractivity contribution in [2.45, 2.75) is 0 Å². The maximum Gasteiger partial charge on any atom is 0.337 e. The van der Waals surface area contributed by atoms with Gasteiger partial charge in [0.05, 0.1) is 18.2 Å². The Morgan fingerprint density at radius 3 is 2.64 bits per heavy atom. The molecule has 0 aliphatic heterocycles. The first kappa shape index (κ1) is 19.3. The number of para-hydroxylation sites is 1. The summed E-state index contributed by atoms with van der Waals surface area (Å²) in [7, 11) is 1.36. The lowest BCUT2D eigenvalue weighted by Crippen LogP contribution is -3.00. The molecular weight excluding hydrogens is 376 g/mol. The first-order chi connectivity index (χ1) is 13.2. The first-order valence-electron chi connectivity index (χ1n) is 8.37. The molecule has 2 heterocycles. The Morgan fingerprint density at radius 1 is 1.00 bits per heavy atom. The van der Waals surface area contributed by atoms with Gasteiger partial charge in [0.15, 0.2) is 5.82 Å². The zero-order valence-corrected chi connectivity index (χ0v) is 15.7. The Morgan fingerprint density at radius 2 is 1.86 bits per heavy atom. The third kappa shape index (κ3) is 3.92. The first-order valence-corrected chi connectivity index (χ1v) is 8.37. The molecule has 0 fully saturated rings. The largest absolute Gasteiger partial charge is 1.00 e. The van der Waals surface area contributed by atoms with Crippen LogP contribution in [0.2, 0.25) is 0 Å². The standard InChI is InChI=1S/C21H16N4O2.ClH/c1-27-21(26)14-6-4-8-16(12-14)23-20-17-9-2-3-10-18(17)24-19(25-20)15-7-5-11-22-13-15;/h2-13H,1H3,(H,23,24,25);1H/p-1. The van der Waals surface area contributed by atoms with Crippen molar-refractivity contribution in [3.8, 4) is 11.4 Å². The minimum atomic E-state index is -0.387. The highest BCUT2D eigenvalue weighted by molar-refractivity contribution is 5.94. The fraction of sp³-hybridized carbons (Fsp3) is 0.0476. The van der Waals surface area contributed by atoms with Gasteiger partial charge in [0, 0.05) is 29.0 Å². The summed E-state index contributed by atoms with van der Waals surface area (Å²) in [6, 6.07) is 18.6. The Hall–Kier alpha value is -3.51. The number of methoxy groups -OCH3 is 1. The van der Waals surface area contributed by atoms with E-state index in [-0.39, 0.29) is 18.4 Å². The summed E-state index contributed by atoms with van der Waals surface area (Å²) in [5, 5.41) is 4.18. The van der Waals surface area contributed by atoms with Crippen LogP contribution in [-0.2, 0) is 4.74 Å². The van der Waals surface area contributed by atoms with Gasteiger partial charge in [-0.2, -0.15) is 0 Å². The molecule has 28 heavy (non-hydrogen) atoms. The third-order valence-electron chi connectivity index (χ3n) is 4.07. The van der Waals surface area contributed by atoms with E-state index in [0.717, 1.165) is 22.2 Å². The van der Waals surface area contributed by atoms with Gasteiger partial charge < -0.3 is 22.5 Å². The number of hydrogen-bond donors (Lipinski definition) is 1. The number of hydrogen-bond acceptors (Lipinski definition) is 6. The summed E-state index contributed by atoms with van der Waals surface area (Å²) in [6.45, 7) is 0. The van der Waals surface area contributed by atoms with Crippen LogP contribution in [0.3, 0.4) is 0 Å². The Labute approximate surface area is 168 Å². The fourth-order valence-electron chi connectivity index (χ4n) is 2.77. The smallest absolute Gasteiger partial charge is 0.337 e. The van der Waals surface area contributed by atoms with Crippen LogP contribution in [0.5, 0.6) is 0 Å². The molecule has 4 rings (SSSR count). The van der Waals surface area contributed by atoms with E-state index in [1.54, 1.807) is 30.6 Å². The predicted molar refractivity (Wildman–Crippen MR) is 104 cm³/mol. The number of benzene rings is 2. The van der Waals surface area contributed by atoms with Gasteiger partial charge in [0.25, 0.3) is 0 Å². The molecule has 140 valence electrons. The molecule has 0 bridgehead atoms. The van der Waals surface area contributed by atoms with Gasteiger partial charge in [0.1, 0.15) is 5.82 Å². The van der Waals surface area contributed by atoms with E-state index >= 15 is 0 Å². The van der Waals surface area contributed by atoms with Gasteiger partial charge in [-0.1, -0.05) is 18.2 Å². The molecule has 0 aliphatic carbocycles. The minimum Gasteiger partial charge on any atom is -1.00 e. The second-order valence-electron chi connectivity index (χ2n) is 5.85. The van der Waals surface area contributed by atoms with E-state index in [4.69, 9.17) is 4.74 Å². The van der Waals surface area contributed by atoms with Crippen molar-refractivity contribution in [3.05, 3.63) is 78.6 Å². The molecule has 7 heteroatoms. The topological polar surface area (TPSA) is 77.0 Å². The SMILES string of the molecule is COC(=O)c1cccc(Nc2nc(-c3cccnc3)nc3ccccc23)c1.[Cl-]. The number of aromatic nitrogens is 3. The Balaban J connectivity index is 0.00000225. The van der Waals surface area contributed by atoms with Crippen LogP contribution < -0.4 is 17.7 Å². The molecule has 4 aromatic rings. The van der Waals surface area contributed by atoms with Crippen molar-refractivity contribution < 1.29 is 21.9 Å². The van der Waals surface area contributed by atoms with E-state index < -0.39 is 0 Å². The highest BCUT2D eigenvalue weighted by Crippen LogP contribution is 2.27. The van der Waals surface area contributed by atoms with Crippen molar-refractivity contribution in [3.63, 3.8) is 0 Å². The molecule has 2 aromatic heterocycles. The van der Waals surface area contributed by atoms with Crippen LogP contribution in [0.1, 0.15) is 10.4 Å². The Bertz CT molecular complexity index is 1120. The van der Waals surface area contributed by atoms with Crippen LogP contribution in [0, 0.1) is 0 Å². The number of nitrogens with zero attached hydrogens (tertiary/aromatic N) is 3. The number of carbonyl (C=O) groups is 1. The van der Waals surface area contributed by atoms with Crippen molar-refractivity contribution >= 4 is 28.4 Å². The number of fused-ring (bicyclic) bond motifs is 1. The molecule has 0 amide bonds. The number of esters is 1. The molecular formula is C21H16ClN4O2-. The van der Waals surface area contributed by atoms with E-state index in [9.17, 15) is 4.79 Å². The minimum absolute atomic E-state index is 0. The van der Waals surface area contributed by atoms with Crippen LogP contribution >= 0.6 is 0 Å². The van der Waals surface area contributed by atoms with Crippen molar-refractivity contribution in [1.29, 1.82) is 0 Å². The van der Waals surface area contributed by atoms with Gasteiger partial charge in [-0.05, 0) is 42.5 Å². The summed E-state index contributed by atoms with van der Waals surface area (Å²) in [6.07, 6.45) is 3.44. The molecule has 0 aliphatic rings. The average Bonchev–Trinajstić information content (AvgIpc) is 2.74. The summed E-state index contributed by atoms with van der Waals surface area (Å²) in [4.78, 5) is 25.3. The second kappa shape index (κ2) is 8.45. The van der Waals surface area contributed by atoms with Crippen molar-refractivity contribution in [1.82, 2.24) is 15.0 Å². The van der Waals surface area contributed by atoms with Crippen molar-refractivity contribution in [2.75, 3.05) is 12.4 Å². The predicted octanol–water partition coefficient (Wildman–Crippen LogP) is 1.23. The summed E-state index contributed by atoms with van der Waals surface area (Å²) < 4.78 is 4.79. The third-order valence-corrected chi connectivity index (χ3v) is 4.07. The average molecular weight is 392 g/mol. The van der Waals surface area contributed by atoms with Gasteiger partial charge in [-0.25, -0.2) is 14.8 Å². The van der Waals surface area contributed by atoms with Crippen LogP contribution in [0.25, 0.3) is 22.3 Å². The highest BCUT2D eigenvalue weighted by atomic mass is 35.5. The number of rotatable bonds is 4. The zero-order valence-electron chi connectivity index (χ0n) is 15.0. The normalized spacial score (nSPS) is 10.2. The molecule has 0 unspecified atom stereocenters. The van der Waals surface area contributed by atoms with E-state index in [2.05, 4.69) is 20.3 Å². The van der Waals surface area contributed by atoms with Crippen LogP contribution in [0.4, 0.5) is 11.5 Å². The molecule has 0 saturated carbocycles. The lowest BCUT2D eigenvalue weighted by molar-refractivity contribution is -0.0000200. The summed E-state index contributed by atoms with van der Waals surface area (Å²) in [5.41, 5.74) is 2.85. The summed E-state index contributed by atoms with van der Waals surface area (Å²) >= 11 is 0. The second-order valence-corrected chi connectivity index (χ2v) is 5.85. The zero-order chi connectivity index (χ0) is 18.6. The lowest BCUT2D eigenvalue weighted by atomic mass is 10.2. The van der Waals surface area contributed by atoms with Crippen LogP contribution in [-0.4, -0.2) is 28.0 Å². The quantitative estimate of drug-likeness (QED) is 0.527. The highest BCUT2D eigenvalue weighted by Gasteiger charge is 2.11. The number of pyridine rings is 1. The number of nitrogens with one attached hydrogen (secondary N) is 1. The maximum atomic E-state index is 11.8. The lowest BCUT2D eigenvalue weighted by Gasteiger charge is -2.11. The molecule has 0 saturated heterocycles. The van der Waals surface area contributed by atoms with E-state index in [0.29, 0.717) is 17.2 Å². The number of ether oxygens (including phenoxy) is 1. The van der Waals surface area contributed by atoms with E-state index in [1.165, 1.54) is 7.11 Å². The number of anilines is 2. The maximum absolute atomic E-state index is 11.8. The summed E-state index contributed by atoms with van der Waals surface area (Å²) in [5.74, 6) is 0.845. The van der Waals surface area contributed by atoms with E-state index in [1.807, 2.05) is 42.5 Å². The molecule has 0 radical (unpaired) electrons. The molecule has 0 spiro atoms. The fourth-order valence-corrected chi connectivity index (χ4v) is 2.77. The van der Waals surface area contributed by atoms with Crippen LogP contribution in [0.15, 0.2) is 73.1 Å². The number of halogens is 1. The van der Waals surface area contributed by atoms with Gasteiger partial charge in [-0.3, -0.25) is 4.98 Å². The molecule has 0 atom stereocenters. The molecule has 2 aromatic carbocycles. The molecule has 1 N–H and O–H groups in total. The number of carbonyl (C=O) groups excluding carboxylic acids is 1. The molecule has 6 nitrogen and oxygen atoms in total. The van der Waals surface area contributed by atoms with Gasteiger partial charge in [-0.15, -0.1) is 0 Å². The van der Waals surface area contributed by atoms with Gasteiger partial charge >= 0.3 is 5.97 Å².